The van der Waals surface area contributed by atoms with Gasteiger partial charge in [0.25, 0.3) is 0 Å². The number of nitrogens with zero attached hydrogens (tertiary/aromatic N) is 1. The van der Waals surface area contributed by atoms with Crippen LogP contribution in [0.4, 0.5) is 11.4 Å². The van der Waals surface area contributed by atoms with Crippen molar-refractivity contribution in [3.05, 3.63) is 171 Å². The van der Waals surface area contributed by atoms with Gasteiger partial charge in [-0.1, -0.05) is 147 Å². The van der Waals surface area contributed by atoms with Crippen molar-refractivity contribution in [3.8, 4) is 0 Å². The Hall–Kier alpha value is -4.36. The second-order valence-corrected chi connectivity index (χ2v) is 15.1. The lowest BCUT2D eigenvalue weighted by atomic mass is 9.73. The standard InChI is InChI=1S/C54H71N/c1-10-18-21-23-26-41(9)55(51-36-35-45(16-7)46(17-8)38-51)52-39-49-32-31-47(30-24-29-44(15-6)43(14-5)25-13-4)53-48(33-34-50(40-52)54(49)53)37-42(27-20-12-3)28-22-19-11-2/h13,21-30,35-40H,4,10-12,14-20,31-34H2,1-3,5-9H3/b23-21-,28-22-,30-24+,41-26+,42-27+,43-25-,44-29-,48-37-. The van der Waals surface area contributed by atoms with Crippen molar-refractivity contribution in [3.63, 3.8) is 0 Å². The van der Waals surface area contributed by atoms with Gasteiger partial charge in [-0.3, -0.25) is 0 Å². The number of hydrogen-bond acceptors (Lipinski definition) is 1. The van der Waals surface area contributed by atoms with Crippen molar-refractivity contribution in [2.75, 3.05) is 4.90 Å². The lowest BCUT2D eigenvalue weighted by molar-refractivity contribution is 0.872. The molecule has 0 saturated heterocycles. The predicted octanol–water partition coefficient (Wildman–Crippen LogP) is 16.3. The lowest BCUT2D eigenvalue weighted by Crippen LogP contribution is -2.19. The Kier molecular flexibility index (Phi) is 18.0. The molecular formula is C54H71N. The minimum absolute atomic E-state index is 1.01. The number of benzene rings is 2. The fourth-order valence-electron chi connectivity index (χ4n) is 8.15. The van der Waals surface area contributed by atoms with Crippen molar-refractivity contribution in [2.24, 2.45) is 0 Å². The fourth-order valence-corrected chi connectivity index (χ4v) is 8.15. The molecule has 2 aliphatic rings. The van der Waals surface area contributed by atoms with Gasteiger partial charge in [0, 0.05) is 17.1 Å². The summed E-state index contributed by atoms with van der Waals surface area (Å²) in [4.78, 5) is 2.51. The molecule has 0 atom stereocenters. The molecule has 55 heavy (non-hydrogen) atoms. The third-order valence-corrected chi connectivity index (χ3v) is 11.1. The molecule has 0 heterocycles. The minimum atomic E-state index is 1.01. The molecule has 2 aliphatic carbocycles. The van der Waals surface area contributed by atoms with Crippen LogP contribution < -0.4 is 4.90 Å². The number of hydrogen-bond donors (Lipinski definition) is 0. The van der Waals surface area contributed by atoms with E-state index >= 15 is 0 Å². The highest BCUT2D eigenvalue weighted by atomic mass is 15.1. The zero-order valence-corrected chi connectivity index (χ0v) is 35.9. The molecule has 2 aromatic rings. The van der Waals surface area contributed by atoms with Gasteiger partial charge >= 0.3 is 0 Å². The van der Waals surface area contributed by atoms with Gasteiger partial charge in [-0.15, -0.1) is 0 Å². The molecule has 1 nitrogen and oxygen atoms in total. The molecule has 0 aromatic heterocycles. The molecule has 0 amide bonds. The van der Waals surface area contributed by atoms with E-state index in [2.05, 4.69) is 164 Å². The second-order valence-electron chi connectivity index (χ2n) is 15.1. The Balaban J connectivity index is 1.95. The van der Waals surface area contributed by atoms with E-state index in [-0.39, 0.29) is 0 Å². The van der Waals surface area contributed by atoms with Crippen molar-refractivity contribution in [2.45, 2.75) is 145 Å². The average molecular weight is 734 g/mol. The zero-order valence-electron chi connectivity index (χ0n) is 35.9. The highest BCUT2D eigenvalue weighted by molar-refractivity contribution is 5.91. The predicted molar refractivity (Wildman–Crippen MR) is 246 cm³/mol. The van der Waals surface area contributed by atoms with Gasteiger partial charge in [0.2, 0.25) is 0 Å². The third-order valence-electron chi connectivity index (χ3n) is 11.1. The van der Waals surface area contributed by atoms with Crippen molar-refractivity contribution in [1.82, 2.24) is 0 Å². The van der Waals surface area contributed by atoms with Gasteiger partial charge in [-0.05, 0) is 169 Å². The minimum Gasteiger partial charge on any atom is -0.314 e. The molecule has 2 aromatic carbocycles. The van der Waals surface area contributed by atoms with Crippen LogP contribution in [0.2, 0.25) is 0 Å². The highest BCUT2D eigenvalue weighted by Gasteiger charge is 2.29. The van der Waals surface area contributed by atoms with E-state index in [4.69, 9.17) is 0 Å². The molecule has 1 heteroatoms. The van der Waals surface area contributed by atoms with Crippen LogP contribution >= 0.6 is 0 Å². The summed E-state index contributed by atoms with van der Waals surface area (Å²) in [6, 6.07) is 12.2. The number of allylic oxidation sites excluding steroid dienone is 19. The molecule has 0 spiro atoms. The normalized spacial score (nSPS) is 16.3. The maximum Gasteiger partial charge on any atom is 0.0464 e. The van der Waals surface area contributed by atoms with Crippen LogP contribution in [0.1, 0.15) is 147 Å². The number of anilines is 2. The second kappa shape index (κ2) is 22.9. The summed E-state index contributed by atoms with van der Waals surface area (Å²) in [5.41, 5.74) is 19.7. The molecule has 0 aliphatic heterocycles. The first-order valence-corrected chi connectivity index (χ1v) is 21.8. The highest BCUT2D eigenvalue weighted by Crippen LogP contribution is 2.47. The Bertz CT molecular complexity index is 1890. The Morgan fingerprint density at radius 1 is 0.691 bits per heavy atom. The smallest absolute Gasteiger partial charge is 0.0464 e. The van der Waals surface area contributed by atoms with Crippen LogP contribution in [0, 0.1) is 0 Å². The summed E-state index contributed by atoms with van der Waals surface area (Å²) in [5.74, 6) is 0. The summed E-state index contributed by atoms with van der Waals surface area (Å²) >= 11 is 0. The van der Waals surface area contributed by atoms with Crippen LogP contribution in [0.25, 0.3) is 5.57 Å². The third kappa shape index (κ3) is 11.6. The van der Waals surface area contributed by atoms with Crippen LogP contribution in [0.3, 0.4) is 0 Å². The van der Waals surface area contributed by atoms with E-state index in [0.29, 0.717) is 0 Å². The number of unbranched alkanes of at least 4 members (excludes halogenated alkanes) is 3. The fraction of sp³-hybridized carbons (Fsp3) is 0.407. The first-order valence-electron chi connectivity index (χ1n) is 21.8. The van der Waals surface area contributed by atoms with E-state index in [1.165, 1.54) is 84.7 Å². The monoisotopic (exact) mass is 734 g/mol. The van der Waals surface area contributed by atoms with Crippen molar-refractivity contribution in [1.29, 1.82) is 0 Å². The van der Waals surface area contributed by atoms with E-state index < -0.39 is 0 Å². The van der Waals surface area contributed by atoms with Crippen LogP contribution in [-0.4, -0.2) is 0 Å². The van der Waals surface area contributed by atoms with E-state index in [1.54, 1.807) is 0 Å². The number of aryl methyl sites for hydroxylation is 4. The summed E-state index contributed by atoms with van der Waals surface area (Å²) in [6.45, 7) is 22.1. The van der Waals surface area contributed by atoms with E-state index in [9.17, 15) is 0 Å². The molecule has 0 bridgehead atoms. The van der Waals surface area contributed by atoms with Gasteiger partial charge in [0.05, 0.1) is 0 Å². The molecule has 0 radical (unpaired) electrons. The molecular weight excluding hydrogens is 663 g/mol. The lowest BCUT2D eigenvalue weighted by Gasteiger charge is -2.34. The first kappa shape index (κ1) is 43.4. The van der Waals surface area contributed by atoms with Crippen LogP contribution in [-0.2, 0) is 25.7 Å². The maximum absolute atomic E-state index is 3.97. The summed E-state index contributed by atoms with van der Waals surface area (Å²) in [5, 5.41) is 0. The Labute approximate surface area is 337 Å². The van der Waals surface area contributed by atoms with Gasteiger partial charge < -0.3 is 4.90 Å². The van der Waals surface area contributed by atoms with E-state index in [1.807, 2.05) is 6.08 Å². The van der Waals surface area contributed by atoms with Gasteiger partial charge in [0.1, 0.15) is 0 Å². The summed E-state index contributed by atoms with van der Waals surface area (Å²) < 4.78 is 0. The molecule has 0 fully saturated rings. The van der Waals surface area contributed by atoms with Gasteiger partial charge in [-0.25, -0.2) is 0 Å². The topological polar surface area (TPSA) is 3.24 Å². The maximum atomic E-state index is 3.97. The average Bonchev–Trinajstić information content (AvgIpc) is 3.20. The zero-order chi connectivity index (χ0) is 39.6. The Morgan fingerprint density at radius 2 is 1.36 bits per heavy atom. The molecule has 292 valence electrons. The largest absolute Gasteiger partial charge is 0.314 e. The summed E-state index contributed by atoms with van der Waals surface area (Å²) in [6.07, 6.45) is 42.9. The molecule has 0 unspecified atom stereocenters. The van der Waals surface area contributed by atoms with Crippen LogP contribution in [0.5, 0.6) is 0 Å². The summed E-state index contributed by atoms with van der Waals surface area (Å²) in [7, 11) is 0. The van der Waals surface area contributed by atoms with E-state index in [0.717, 1.165) is 83.5 Å². The Morgan fingerprint density at radius 3 is 2.02 bits per heavy atom. The van der Waals surface area contributed by atoms with Crippen molar-refractivity contribution < 1.29 is 0 Å². The quantitative estimate of drug-likeness (QED) is 0.123. The SMILES string of the molecule is C=C\C=C(CC)/C(=C\C=C\C1=C2C(=C/C(/C=C\CCC)=C/CCC)\CCc3cc(N(/C(C)=C/C=C\CCC)c4ccc(CC)c(CC)c4)cc(c32)CC1)CC. The van der Waals surface area contributed by atoms with Crippen molar-refractivity contribution >= 4 is 16.9 Å². The van der Waals surface area contributed by atoms with Crippen LogP contribution in [0.15, 0.2) is 143 Å². The molecule has 0 N–H and O–H groups in total. The van der Waals surface area contributed by atoms with Gasteiger partial charge in [0.15, 0.2) is 0 Å². The first-order chi connectivity index (χ1) is 26.9. The van der Waals surface area contributed by atoms with Gasteiger partial charge in [-0.2, -0.15) is 0 Å². The molecule has 0 saturated carbocycles. The number of rotatable bonds is 20. The molecule has 4 rings (SSSR count).